The average molecular weight is 427 g/mol. The van der Waals surface area contributed by atoms with Crippen LogP contribution in [-0.2, 0) is 22.7 Å². The predicted molar refractivity (Wildman–Crippen MR) is 123 cm³/mol. The molecule has 0 bridgehead atoms. The molecule has 30 heavy (non-hydrogen) atoms. The second-order valence-electron chi connectivity index (χ2n) is 8.36. The molecule has 1 fully saturated rings. The number of rotatable bonds is 9. The van der Waals surface area contributed by atoms with Crippen molar-refractivity contribution in [3.63, 3.8) is 0 Å². The molecular formula is C25H34N2O2S. The summed E-state index contributed by atoms with van der Waals surface area (Å²) >= 11 is 1.69. The summed E-state index contributed by atoms with van der Waals surface area (Å²) in [5, 5.41) is 2.08. The van der Waals surface area contributed by atoms with Gasteiger partial charge in [0.1, 0.15) is 0 Å². The van der Waals surface area contributed by atoms with Gasteiger partial charge in [-0.2, -0.15) is 0 Å². The maximum absolute atomic E-state index is 13.4. The molecule has 1 aromatic carbocycles. The lowest BCUT2D eigenvalue weighted by Gasteiger charge is -2.31. The van der Waals surface area contributed by atoms with Crippen LogP contribution in [0.2, 0.25) is 0 Å². The SMILES string of the molecule is CCCN(CC(=O)N(Cc1ccccc1)Cc1sccc1C)C(=O)C1CCCCC1. The summed E-state index contributed by atoms with van der Waals surface area (Å²) < 4.78 is 0. The Balaban J connectivity index is 1.73. The fraction of sp³-hybridized carbons (Fsp3) is 0.520. The standard InChI is InChI=1S/C25H34N2O2S/c1-3-15-26(25(29)22-12-8-5-9-13-22)19-24(28)27(17-21-10-6-4-7-11-21)18-23-20(2)14-16-30-23/h4,6-7,10-11,14,16,22H,3,5,8-9,12-13,15,17-19H2,1-2H3. The van der Waals surface area contributed by atoms with E-state index in [9.17, 15) is 9.59 Å². The molecular weight excluding hydrogens is 392 g/mol. The molecule has 0 unspecified atom stereocenters. The maximum atomic E-state index is 13.4. The number of hydrogen-bond acceptors (Lipinski definition) is 3. The molecule has 4 nitrogen and oxygen atoms in total. The Labute approximate surface area is 184 Å². The Kier molecular flexibility index (Phi) is 8.50. The minimum absolute atomic E-state index is 0.0317. The van der Waals surface area contributed by atoms with E-state index in [1.54, 1.807) is 11.3 Å². The van der Waals surface area contributed by atoms with Gasteiger partial charge in [0.15, 0.2) is 0 Å². The first-order valence-electron chi connectivity index (χ1n) is 11.2. The second kappa shape index (κ2) is 11.3. The molecule has 5 heteroatoms. The molecule has 0 atom stereocenters. The number of carbonyl (C=O) groups excluding carboxylic acids is 2. The minimum Gasteiger partial charge on any atom is -0.333 e. The molecule has 0 N–H and O–H groups in total. The molecule has 3 rings (SSSR count). The van der Waals surface area contributed by atoms with Crippen molar-refractivity contribution in [2.75, 3.05) is 13.1 Å². The van der Waals surface area contributed by atoms with Crippen molar-refractivity contribution in [1.82, 2.24) is 9.80 Å². The highest BCUT2D eigenvalue weighted by molar-refractivity contribution is 7.10. The summed E-state index contributed by atoms with van der Waals surface area (Å²) in [6.07, 6.45) is 6.28. The van der Waals surface area contributed by atoms with Gasteiger partial charge in [0.25, 0.3) is 0 Å². The van der Waals surface area contributed by atoms with Crippen LogP contribution < -0.4 is 0 Å². The zero-order valence-electron chi connectivity index (χ0n) is 18.3. The Bertz CT molecular complexity index is 812. The van der Waals surface area contributed by atoms with E-state index < -0.39 is 0 Å². The third kappa shape index (κ3) is 6.18. The summed E-state index contributed by atoms with van der Waals surface area (Å²) in [5.74, 6) is 0.307. The third-order valence-corrected chi connectivity index (χ3v) is 6.97. The maximum Gasteiger partial charge on any atom is 0.242 e. The topological polar surface area (TPSA) is 40.6 Å². The number of nitrogens with zero attached hydrogens (tertiary/aromatic N) is 2. The van der Waals surface area contributed by atoms with Gasteiger partial charge in [0.05, 0.1) is 13.1 Å². The fourth-order valence-electron chi connectivity index (χ4n) is 4.18. The van der Waals surface area contributed by atoms with Crippen molar-refractivity contribution in [2.45, 2.75) is 65.5 Å². The molecule has 0 aliphatic heterocycles. The number of amides is 2. The lowest BCUT2D eigenvalue weighted by molar-refractivity contribution is -0.144. The average Bonchev–Trinajstić information content (AvgIpc) is 3.18. The van der Waals surface area contributed by atoms with Crippen LogP contribution >= 0.6 is 11.3 Å². The van der Waals surface area contributed by atoms with E-state index in [0.29, 0.717) is 19.6 Å². The predicted octanol–water partition coefficient (Wildman–Crippen LogP) is 5.40. The monoisotopic (exact) mass is 426 g/mol. The lowest BCUT2D eigenvalue weighted by atomic mass is 9.88. The Hall–Kier alpha value is -2.14. The highest BCUT2D eigenvalue weighted by atomic mass is 32.1. The Morgan fingerprint density at radius 1 is 1.00 bits per heavy atom. The summed E-state index contributed by atoms with van der Waals surface area (Å²) in [6, 6.07) is 12.2. The largest absolute Gasteiger partial charge is 0.333 e. The lowest BCUT2D eigenvalue weighted by Crippen LogP contribution is -2.45. The van der Waals surface area contributed by atoms with Crippen LogP contribution in [0.15, 0.2) is 41.8 Å². The minimum atomic E-state index is 0.0317. The van der Waals surface area contributed by atoms with Crippen molar-refractivity contribution in [3.8, 4) is 0 Å². The van der Waals surface area contributed by atoms with Gasteiger partial charge in [-0.1, -0.05) is 56.5 Å². The van der Waals surface area contributed by atoms with Gasteiger partial charge >= 0.3 is 0 Å². The van der Waals surface area contributed by atoms with Crippen molar-refractivity contribution in [2.24, 2.45) is 5.92 Å². The van der Waals surface area contributed by atoms with E-state index in [1.165, 1.54) is 16.9 Å². The molecule has 162 valence electrons. The van der Waals surface area contributed by atoms with Crippen molar-refractivity contribution in [3.05, 3.63) is 57.8 Å². The van der Waals surface area contributed by atoms with Crippen LogP contribution in [0.1, 0.15) is 61.5 Å². The summed E-state index contributed by atoms with van der Waals surface area (Å²) in [5.41, 5.74) is 2.33. The molecule has 0 radical (unpaired) electrons. The first kappa shape index (κ1) is 22.5. The molecule has 1 aliphatic rings. The molecule has 0 saturated heterocycles. The number of benzene rings is 1. The van der Waals surface area contributed by atoms with Crippen molar-refractivity contribution >= 4 is 23.2 Å². The molecule has 0 spiro atoms. The van der Waals surface area contributed by atoms with Crippen LogP contribution in [0.5, 0.6) is 0 Å². The van der Waals surface area contributed by atoms with Gasteiger partial charge in [0.2, 0.25) is 11.8 Å². The van der Waals surface area contributed by atoms with Crippen LogP contribution in [-0.4, -0.2) is 34.7 Å². The second-order valence-corrected chi connectivity index (χ2v) is 9.36. The van der Waals surface area contributed by atoms with Crippen molar-refractivity contribution in [1.29, 1.82) is 0 Å². The summed E-state index contributed by atoms with van der Waals surface area (Å²) in [7, 11) is 0. The summed E-state index contributed by atoms with van der Waals surface area (Å²) in [4.78, 5) is 31.5. The molecule has 1 saturated carbocycles. The van der Waals surface area contributed by atoms with Crippen molar-refractivity contribution < 1.29 is 9.59 Å². The molecule has 1 aromatic heterocycles. The van der Waals surface area contributed by atoms with E-state index in [-0.39, 0.29) is 24.3 Å². The molecule has 1 heterocycles. The first-order chi connectivity index (χ1) is 14.6. The molecule has 2 aromatic rings. The van der Waals surface area contributed by atoms with E-state index in [0.717, 1.165) is 37.7 Å². The van der Waals surface area contributed by atoms with Gasteiger partial charge < -0.3 is 9.80 Å². The van der Waals surface area contributed by atoms with Crippen LogP contribution in [0.4, 0.5) is 0 Å². The van der Waals surface area contributed by atoms with Gasteiger partial charge in [-0.15, -0.1) is 11.3 Å². The first-order valence-corrected chi connectivity index (χ1v) is 12.1. The normalized spacial score (nSPS) is 14.5. The number of hydrogen-bond donors (Lipinski definition) is 0. The highest BCUT2D eigenvalue weighted by Crippen LogP contribution is 2.26. The van der Waals surface area contributed by atoms with Crippen LogP contribution in [0, 0.1) is 12.8 Å². The van der Waals surface area contributed by atoms with E-state index in [1.807, 2.05) is 28.0 Å². The van der Waals surface area contributed by atoms with Crippen LogP contribution in [0.25, 0.3) is 0 Å². The number of aryl methyl sites for hydroxylation is 1. The van der Waals surface area contributed by atoms with Gasteiger partial charge in [0, 0.05) is 23.9 Å². The molecule has 1 aliphatic carbocycles. The highest BCUT2D eigenvalue weighted by Gasteiger charge is 2.28. The number of carbonyl (C=O) groups is 2. The van der Waals surface area contributed by atoms with E-state index in [2.05, 4.69) is 37.4 Å². The quantitative estimate of drug-likeness (QED) is 0.538. The van der Waals surface area contributed by atoms with E-state index in [4.69, 9.17) is 0 Å². The smallest absolute Gasteiger partial charge is 0.242 e. The van der Waals surface area contributed by atoms with Gasteiger partial charge in [-0.3, -0.25) is 9.59 Å². The zero-order valence-corrected chi connectivity index (χ0v) is 19.1. The fourth-order valence-corrected chi connectivity index (χ4v) is 5.10. The van der Waals surface area contributed by atoms with E-state index >= 15 is 0 Å². The third-order valence-electron chi connectivity index (χ3n) is 5.96. The summed E-state index contributed by atoms with van der Waals surface area (Å²) in [6.45, 7) is 6.15. The van der Waals surface area contributed by atoms with Crippen LogP contribution in [0.3, 0.4) is 0 Å². The van der Waals surface area contributed by atoms with Gasteiger partial charge in [-0.05, 0) is 48.8 Å². The zero-order chi connectivity index (χ0) is 21.3. The Morgan fingerprint density at radius 2 is 1.73 bits per heavy atom. The number of thiophene rings is 1. The molecule has 2 amide bonds. The Morgan fingerprint density at radius 3 is 2.37 bits per heavy atom. The van der Waals surface area contributed by atoms with Gasteiger partial charge in [-0.25, -0.2) is 0 Å².